The van der Waals surface area contributed by atoms with Crippen LogP contribution in [0.5, 0.6) is 0 Å². The van der Waals surface area contributed by atoms with E-state index in [1.54, 1.807) is 0 Å². The molecule has 0 aromatic rings. The highest BCUT2D eigenvalue weighted by molar-refractivity contribution is 4.91. The highest BCUT2D eigenvalue weighted by Crippen LogP contribution is 2.39. The van der Waals surface area contributed by atoms with Crippen molar-refractivity contribution in [3.8, 4) is 0 Å². The molecule has 1 saturated carbocycles. The molecule has 0 radical (unpaired) electrons. The Hall–Kier alpha value is -0.0400. The predicted molar refractivity (Wildman–Crippen MR) is 63.5 cm³/mol. The van der Waals surface area contributed by atoms with Crippen LogP contribution >= 0.6 is 0 Å². The molecule has 1 fully saturated rings. The monoisotopic (exact) mass is 197 g/mol. The van der Waals surface area contributed by atoms with E-state index >= 15 is 0 Å². The largest absolute Gasteiger partial charge is 0.315 e. The van der Waals surface area contributed by atoms with Crippen molar-refractivity contribution in [1.82, 2.24) is 5.32 Å². The molecule has 0 saturated heterocycles. The average Bonchev–Trinajstić information content (AvgIpc) is 2.00. The Morgan fingerprint density at radius 1 is 1.21 bits per heavy atom. The maximum absolute atomic E-state index is 3.53. The molecule has 2 atom stereocenters. The van der Waals surface area contributed by atoms with Gasteiger partial charge in [0.05, 0.1) is 0 Å². The lowest BCUT2D eigenvalue weighted by Crippen LogP contribution is -2.45. The van der Waals surface area contributed by atoms with Crippen molar-refractivity contribution in [1.29, 1.82) is 0 Å². The van der Waals surface area contributed by atoms with E-state index in [0.29, 0.717) is 11.0 Å². The van der Waals surface area contributed by atoms with E-state index in [9.17, 15) is 0 Å². The lowest BCUT2D eigenvalue weighted by atomic mass is 9.70. The molecule has 1 nitrogen and oxygen atoms in total. The Kier molecular flexibility index (Phi) is 3.63. The number of nitrogens with one attached hydrogen (secondary N) is 1. The third kappa shape index (κ3) is 3.27. The summed E-state index contributed by atoms with van der Waals surface area (Å²) in [6.07, 6.45) is 6.83. The lowest BCUT2D eigenvalue weighted by molar-refractivity contribution is 0.147. The SMILES string of the molecule is CNC1(C)CC(C)CCCC(C)(C)C1. The van der Waals surface area contributed by atoms with Crippen molar-refractivity contribution in [2.45, 2.75) is 65.3 Å². The van der Waals surface area contributed by atoms with Crippen molar-refractivity contribution >= 4 is 0 Å². The summed E-state index contributed by atoms with van der Waals surface area (Å²) in [5.74, 6) is 0.878. The van der Waals surface area contributed by atoms with Gasteiger partial charge in [-0.05, 0) is 44.6 Å². The minimum atomic E-state index is 0.351. The van der Waals surface area contributed by atoms with E-state index in [1.165, 1.54) is 32.1 Å². The zero-order valence-corrected chi connectivity index (χ0v) is 10.6. The minimum Gasteiger partial charge on any atom is -0.315 e. The quantitative estimate of drug-likeness (QED) is 0.677. The topological polar surface area (TPSA) is 12.0 Å². The second-order valence-corrected chi connectivity index (χ2v) is 6.35. The van der Waals surface area contributed by atoms with Gasteiger partial charge in [0.1, 0.15) is 0 Å². The lowest BCUT2D eigenvalue weighted by Gasteiger charge is -2.41. The Labute approximate surface area is 89.7 Å². The third-order valence-electron chi connectivity index (χ3n) is 3.82. The first kappa shape index (κ1) is 12.0. The summed E-state index contributed by atoms with van der Waals surface area (Å²) >= 11 is 0. The van der Waals surface area contributed by atoms with Crippen LogP contribution < -0.4 is 5.32 Å². The second-order valence-electron chi connectivity index (χ2n) is 6.35. The number of hydrogen-bond donors (Lipinski definition) is 1. The molecule has 0 aliphatic heterocycles. The van der Waals surface area contributed by atoms with Crippen LogP contribution in [0.4, 0.5) is 0 Å². The predicted octanol–water partition coefficient (Wildman–Crippen LogP) is 3.59. The van der Waals surface area contributed by atoms with Gasteiger partial charge in [-0.15, -0.1) is 0 Å². The van der Waals surface area contributed by atoms with Gasteiger partial charge in [-0.1, -0.05) is 33.6 Å². The Balaban J connectivity index is 2.71. The van der Waals surface area contributed by atoms with Gasteiger partial charge >= 0.3 is 0 Å². The fourth-order valence-electron chi connectivity index (χ4n) is 3.21. The maximum Gasteiger partial charge on any atom is 0.0158 e. The Bertz CT molecular complexity index is 186. The summed E-state index contributed by atoms with van der Waals surface area (Å²) in [6.45, 7) is 9.61. The summed E-state index contributed by atoms with van der Waals surface area (Å²) in [7, 11) is 2.12. The van der Waals surface area contributed by atoms with Crippen LogP contribution in [0.2, 0.25) is 0 Å². The molecule has 1 N–H and O–H groups in total. The van der Waals surface area contributed by atoms with Crippen LogP contribution in [-0.4, -0.2) is 12.6 Å². The van der Waals surface area contributed by atoms with E-state index in [-0.39, 0.29) is 0 Å². The van der Waals surface area contributed by atoms with Gasteiger partial charge in [-0.25, -0.2) is 0 Å². The summed E-state index contributed by atoms with van der Waals surface area (Å²) in [5.41, 5.74) is 0.862. The van der Waals surface area contributed by atoms with Gasteiger partial charge in [0.25, 0.3) is 0 Å². The Morgan fingerprint density at radius 2 is 1.86 bits per heavy atom. The molecule has 1 aliphatic carbocycles. The minimum absolute atomic E-state index is 0.351. The highest BCUT2D eigenvalue weighted by Gasteiger charge is 2.34. The summed E-state index contributed by atoms with van der Waals surface area (Å²) < 4.78 is 0. The van der Waals surface area contributed by atoms with E-state index in [4.69, 9.17) is 0 Å². The molecule has 2 unspecified atom stereocenters. The van der Waals surface area contributed by atoms with Gasteiger partial charge in [0.15, 0.2) is 0 Å². The molecule has 0 spiro atoms. The fourth-order valence-corrected chi connectivity index (χ4v) is 3.21. The van der Waals surface area contributed by atoms with Crippen molar-refractivity contribution in [2.24, 2.45) is 11.3 Å². The molecule has 1 aliphatic rings. The summed E-state index contributed by atoms with van der Waals surface area (Å²) in [5, 5.41) is 3.53. The zero-order valence-electron chi connectivity index (χ0n) is 10.6. The highest BCUT2D eigenvalue weighted by atomic mass is 14.9. The summed E-state index contributed by atoms with van der Waals surface area (Å²) in [4.78, 5) is 0. The van der Waals surface area contributed by atoms with Crippen molar-refractivity contribution < 1.29 is 0 Å². The van der Waals surface area contributed by atoms with E-state index in [0.717, 1.165) is 5.92 Å². The molecule has 1 heteroatoms. The molecule has 0 aromatic heterocycles. The molecule has 14 heavy (non-hydrogen) atoms. The van der Waals surface area contributed by atoms with Gasteiger partial charge in [0.2, 0.25) is 0 Å². The average molecular weight is 197 g/mol. The normalized spacial score (nSPS) is 38.8. The number of hydrogen-bond acceptors (Lipinski definition) is 1. The molecule has 0 amide bonds. The first-order valence-electron chi connectivity index (χ1n) is 6.06. The van der Waals surface area contributed by atoms with Crippen molar-refractivity contribution in [3.05, 3.63) is 0 Å². The first-order chi connectivity index (χ1) is 6.37. The Morgan fingerprint density at radius 3 is 2.43 bits per heavy atom. The van der Waals surface area contributed by atoms with Gasteiger partial charge in [0, 0.05) is 5.54 Å². The van der Waals surface area contributed by atoms with Crippen LogP contribution in [0.1, 0.15) is 59.8 Å². The van der Waals surface area contributed by atoms with Crippen molar-refractivity contribution in [3.63, 3.8) is 0 Å². The van der Waals surface area contributed by atoms with Crippen LogP contribution in [-0.2, 0) is 0 Å². The van der Waals surface area contributed by atoms with Crippen LogP contribution in [0.25, 0.3) is 0 Å². The molecular weight excluding hydrogens is 170 g/mol. The summed E-state index contributed by atoms with van der Waals surface area (Å²) in [6, 6.07) is 0. The van der Waals surface area contributed by atoms with Gasteiger partial charge < -0.3 is 5.32 Å². The van der Waals surface area contributed by atoms with E-state index in [2.05, 4.69) is 40.1 Å². The maximum atomic E-state index is 3.53. The van der Waals surface area contributed by atoms with Gasteiger partial charge in [-0.2, -0.15) is 0 Å². The first-order valence-corrected chi connectivity index (χ1v) is 6.06. The number of rotatable bonds is 1. The van der Waals surface area contributed by atoms with E-state index in [1.807, 2.05) is 0 Å². The molecule has 1 rings (SSSR count). The smallest absolute Gasteiger partial charge is 0.0158 e. The molecule has 84 valence electrons. The third-order valence-corrected chi connectivity index (χ3v) is 3.82. The second kappa shape index (κ2) is 4.22. The van der Waals surface area contributed by atoms with Crippen molar-refractivity contribution in [2.75, 3.05) is 7.05 Å². The van der Waals surface area contributed by atoms with E-state index < -0.39 is 0 Å². The fraction of sp³-hybridized carbons (Fsp3) is 1.00. The molecular formula is C13H27N. The van der Waals surface area contributed by atoms with Crippen LogP contribution in [0, 0.1) is 11.3 Å². The van der Waals surface area contributed by atoms with Crippen LogP contribution in [0.3, 0.4) is 0 Å². The van der Waals surface area contributed by atoms with Gasteiger partial charge in [-0.3, -0.25) is 0 Å². The standard InChI is InChI=1S/C13H27N/c1-11-7-6-8-12(2,3)10-13(4,9-11)14-5/h11,14H,6-10H2,1-5H3. The molecule has 0 bridgehead atoms. The van der Waals surface area contributed by atoms with Crippen LogP contribution in [0.15, 0.2) is 0 Å². The zero-order chi connectivity index (χ0) is 10.8. The molecule has 0 heterocycles. The molecule has 0 aromatic carbocycles.